The average molecular weight is 207 g/mol. The van der Waals surface area contributed by atoms with Gasteiger partial charge in [-0.15, -0.1) is 0 Å². The zero-order chi connectivity index (χ0) is 11.3. The van der Waals surface area contributed by atoms with Crippen molar-refractivity contribution in [2.75, 3.05) is 6.54 Å². The standard InChI is InChI=1S/C13H18FN/c1-10(4-3-7-15)8-12-9-13(14)6-5-11(12)2/h4-6,9H,3,7-8,15H2,1-2H3/b10-4-. The van der Waals surface area contributed by atoms with Crippen LogP contribution in [0.15, 0.2) is 29.8 Å². The number of allylic oxidation sites excluding steroid dienone is 1. The zero-order valence-corrected chi connectivity index (χ0v) is 9.39. The maximum atomic E-state index is 13.0. The van der Waals surface area contributed by atoms with Gasteiger partial charge in [0.15, 0.2) is 0 Å². The molecule has 0 aliphatic rings. The number of hydrogen-bond acceptors (Lipinski definition) is 1. The SMILES string of the molecule is C/C(=C/CCN)Cc1cc(F)ccc1C. The van der Waals surface area contributed by atoms with Crippen LogP contribution in [0.25, 0.3) is 0 Å². The van der Waals surface area contributed by atoms with Crippen molar-refractivity contribution in [3.8, 4) is 0 Å². The summed E-state index contributed by atoms with van der Waals surface area (Å²) in [4.78, 5) is 0. The van der Waals surface area contributed by atoms with Crippen LogP contribution in [0, 0.1) is 12.7 Å². The summed E-state index contributed by atoms with van der Waals surface area (Å²) in [5, 5.41) is 0. The maximum absolute atomic E-state index is 13.0. The van der Waals surface area contributed by atoms with Crippen molar-refractivity contribution in [3.63, 3.8) is 0 Å². The molecule has 0 amide bonds. The molecule has 0 atom stereocenters. The molecule has 0 heterocycles. The Hall–Kier alpha value is -1.15. The first-order valence-corrected chi connectivity index (χ1v) is 5.24. The second kappa shape index (κ2) is 5.66. The van der Waals surface area contributed by atoms with Crippen LogP contribution in [0.5, 0.6) is 0 Å². The molecule has 1 rings (SSSR count). The first kappa shape index (κ1) is 11.9. The van der Waals surface area contributed by atoms with Gasteiger partial charge >= 0.3 is 0 Å². The Kier molecular flexibility index (Phi) is 4.50. The van der Waals surface area contributed by atoms with Crippen molar-refractivity contribution < 1.29 is 4.39 Å². The number of rotatable bonds is 4. The van der Waals surface area contributed by atoms with Gasteiger partial charge in [-0.05, 0) is 56.5 Å². The average Bonchev–Trinajstić information content (AvgIpc) is 2.20. The third-order valence-electron chi connectivity index (χ3n) is 2.44. The van der Waals surface area contributed by atoms with Gasteiger partial charge in [-0.25, -0.2) is 4.39 Å². The number of halogens is 1. The van der Waals surface area contributed by atoms with E-state index < -0.39 is 0 Å². The molecule has 1 nitrogen and oxygen atoms in total. The number of aryl methyl sites for hydroxylation is 1. The van der Waals surface area contributed by atoms with Gasteiger partial charge in [-0.1, -0.05) is 17.7 Å². The van der Waals surface area contributed by atoms with Gasteiger partial charge in [0.2, 0.25) is 0 Å². The lowest BCUT2D eigenvalue weighted by Gasteiger charge is -2.06. The van der Waals surface area contributed by atoms with E-state index in [0.29, 0.717) is 6.54 Å². The van der Waals surface area contributed by atoms with Gasteiger partial charge < -0.3 is 5.73 Å². The highest BCUT2D eigenvalue weighted by Gasteiger charge is 2.01. The van der Waals surface area contributed by atoms with Crippen LogP contribution in [0.3, 0.4) is 0 Å². The first-order valence-electron chi connectivity index (χ1n) is 5.24. The maximum Gasteiger partial charge on any atom is 0.123 e. The highest BCUT2D eigenvalue weighted by Crippen LogP contribution is 2.14. The topological polar surface area (TPSA) is 26.0 Å². The van der Waals surface area contributed by atoms with E-state index in [0.717, 1.165) is 24.0 Å². The fourth-order valence-corrected chi connectivity index (χ4v) is 1.53. The Morgan fingerprint density at radius 1 is 1.47 bits per heavy atom. The van der Waals surface area contributed by atoms with Crippen molar-refractivity contribution >= 4 is 0 Å². The molecule has 2 heteroatoms. The fourth-order valence-electron chi connectivity index (χ4n) is 1.53. The molecular formula is C13H18FN. The Bertz CT molecular complexity index is 356. The molecule has 2 N–H and O–H groups in total. The fraction of sp³-hybridized carbons (Fsp3) is 0.385. The van der Waals surface area contributed by atoms with Crippen molar-refractivity contribution in [1.82, 2.24) is 0 Å². The van der Waals surface area contributed by atoms with E-state index >= 15 is 0 Å². The lowest BCUT2D eigenvalue weighted by Crippen LogP contribution is -1.97. The lowest BCUT2D eigenvalue weighted by molar-refractivity contribution is 0.625. The predicted octanol–water partition coefficient (Wildman–Crippen LogP) is 2.97. The summed E-state index contributed by atoms with van der Waals surface area (Å²) in [5.74, 6) is -0.165. The van der Waals surface area contributed by atoms with E-state index in [9.17, 15) is 4.39 Å². The summed E-state index contributed by atoms with van der Waals surface area (Å²) < 4.78 is 13.0. The highest BCUT2D eigenvalue weighted by molar-refractivity contribution is 5.30. The van der Waals surface area contributed by atoms with E-state index in [1.165, 1.54) is 11.6 Å². The normalized spacial score (nSPS) is 11.9. The minimum atomic E-state index is -0.165. The number of nitrogens with two attached hydrogens (primary N) is 1. The third kappa shape index (κ3) is 3.84. The Balaban J connectivity index is 2.75. The Morgan fingerprint density at radius 3 is 2.87 bits per heavy atom. The number of hydrogen-bond donors (Lipinski definition) is 1. The van der Waals surface area contributed by atoms with Crippen LogP contribution in [0.4, 0.5) is 4.39 Å². The minimum Gasteiger partial charge on any atom is -0.330 e. The largest absolute Gasteiger partial charge is 0.330 e. The summed E-state index contributed by atoms with van der Waals surface area (Å²) >= 11 is 0. The van der Waals surface area contributed by atoms with E-state index in [-0.39, 0.29) is 5.82 Å². The molecule has 1 aromatic rings. The molecule has 0 unspecified atom stereocenters. The lowest BCUT2D eigenvalue weighted by atomic mass is 10.0. The molecular weight excluding hydrogens is 189 g/mol. The third-order valence-corrected chi connectivity index (χ3v) is 2.44. The number of benzene rings is 1. The molecule has 0 aliphatic carbocycles. The first-order chi connectivity index (χ1) is 7.13. The monoisotopic (exact) mass is 207 g/mol. The molecule has 0 spiro atoms. The second-order valence-electron chi connectivity index (χ2n) is 3.88. The van der Waals surface area contributed by atoms with Crippen LogP contribution in [0.1, 0.15) is 24.5 Å². The smallest absolute Gasteiger partial charge is 0.123 e. The summed E-state index contributed by atoms with van der Waals surface area (Å²) in [6.45, 7) is 4.73. The second-order valence-corrected chi connectivity index (χ2v) is 3.88. The van der Waals surface area contributed by atoms with E-state index in [2.05, 4.69) is 13.0 Å². The molecule has 0 fully saturated rings. The van der Waals surface area contributed by atoms with Crippen molar-refractivity contribution in [2.45, 2.75) is 26.7 Å². The molecule has 15 heavy (non-hydrogen) atoms. The molecule has 0 bridgehead atoms. The Labute approximate surface area is 90.8 Å². The van der Waals surface area contributed by atoms with E-state index in [1.807, 2.05) is 13.0 Å². The molecule has 0 radical (unpaired) electrons. The van der Waals surface area contributed by atoms with Crippen molar-refractivity contribution in [2.24, 2.45) is 5.73 Å². The summed E-state index contributed by atoms with van der Waals surface area (Å²) in [5.41, 5.74) is 8.86. The molecule has 0 aromatic heterocycles. The zero-order valence-electron chi connectivity index (χ0n) is 9.39. The van der Waals surface area contributed by atoms with E-state index in [1.54, 1.807) is 6.07 Å². The van der Waals surface area contributed by atoms with Crippen molar-refractivity contribution in [1.29, 1.82) is 0 Å². The molecule has 1 aromatic carbocycles. The minimum absolute atomic E-state index is 0.165. The molecule has 0 saturated carbocycles. The van der Waals surface area contributed by atoms with Gasteiger partial charge in [0.25, 0.3) is 0 Å². The van der Waals surface area contributed by atoms with Crippen LogP contribution in [0.2, 0.25) is 0 Å². The van der Waals surface area contributed by atoms with Gasteiger partial charge in [-0.2, -0.15) is 0 Å². The summed E-state index contributed by atoms with van der Waals surface area (Å²) in [6, 6.07) is 4.92. The van der Waals surface area contributed by atoms with Gasteiger partial charge in [0, 0.05) is 0 Å². The van der Waals surface area contributed by atoms with Crippen LogP contribution >= 0.6 is 0 Å². The molecule has 82 valence electrons. The molecule has 0 aliphatic heterocycles. The summed E-state index contributed by atoms with van der Waals surface area (Å²) in [6.07, 6.45) is 3.81. The predicted molar refractivity (Wildman–Crippen MR) is 62.3 cm³/mol. The van der Waals surface area contributed by atoms with Crippen LogP contribution in [-0.4, -0.2) is 6.54 Å². The van der Waals surface area contributed by atoms with Crippen LogP contribution in [-0.2, 0) is 6.42 Å². The van der Waals surface area contributed by atoms with Crippen molar-refractivity contribution in [3.05, 3.63) is 46.8 Å². The van der Waals surface area contributed by atoms with Gasteiger partial charge in [0.1, 0.15) is 5.82 Å². The summed E-state index contributed by atoms with van der Waals surface area (Å²) in [7, 11) is 0. The highest BCUT2D eigenvalue weighted by atomic mass is 19.1. The van der Waals surface area contributed by atoms with Crippen LogP contribution < -0.4 is 5.73 Å². The quantitative estimate of drug-likeness (QED) is 0.755. The Morgan fingerprint density at radius 2 is 2.20 bits per heavy atom. The van der Waals surface area contributed by atoms with Gasteiger partial charge in [0.05, 0.1) is 0 Å². The van der Waals surface area contributed by atoms with Gasteiger partial charge in [-0.3, -0.25) is 0 Å². The molecule has 0 saturated heterocycles. The van der Waals surface area contributed by atoms with E-state index in [4.69, 9.17) is 5.73 Å².